The fraction of sp³-hybridized carbons (Fsp3) is 0.455. The van der Waals surface area contributed by atoms with E-state index in [0.29, 0.717) is 0 Å². The molecule has 0 saturated heterocycles. The molecule has 1 aliphatic carbocycles. The molecule has 1 N–H and O–H groups in total. The largest absolute Gasteiger partial charge is 0.359 e. The van der Waals surface area contributed by atoms with Crippen LogP contribution >= 0.6 is 0 Å². The summed E-state index contributed by atoms with van der Waals surface area (Å²) in [5.74, 6) is -0.203. The molecule has 1 heterocycles. The first-order chi connectivity index (χ1) is 17.4. The summed E-state index contributed by atoms with van der Waals surface area (Å²) >= 11 is 0. The number of halogens is 1. The zero-order valence-electron chi connectivity index (χ0n) is 23.1. The fourth-order valence-corrected chi connectivity index (χ4v) is 5.37. The minimum atomic E-state index is -0.203. The molecule has 36 heavy (non-hydrogen) atoms. The molecule has 4 rings (SSSR count). The molecule has 0 amide bonds. The van der Waals surface area contributed by atoms with E-state index in [2.05, 4.69) is 55.8 Å². The first-order valence-electron chi connectivity index (χ1n) is 13.8. The predicted octanol–water partition coefficient (Wildman–Crippen LogP) is 9.22. The van der Waals surface area contributed by atoms with Crippen molar-refractivity contribution in [3.05, 3.63) is 94.0 Å². The Kier molecular flexibility index (Phi) is 10.6. The van der Waals surface area contributed by atoms with Gasteiger partial charge in [0, 0.05) is 30.9 Å². The summed E-state index contributed by atoms with van der Waals surface area (Å²) in [7, 11) is 0. The lowest BCUT2D eigenvalue weighted by Crippen LogP contribution is -2.33. The van der Waals surface area contributed by atoms with Crippen LogP contribution in [0.2, 0.25) is 0 Å². The molecule has 0 bridgehead atoms. The Morgan fingerprint density at radius 2 is 1.72 bits per heavy atom. The highest BCUT2D eigenvalue weighted by atomic mass is 19.1. The molecule has 0 spiro atoms. The van der Waals surface area contributed by atoms with E-state index >= 15 is 0 Å². The standard InChI is InChI=1S/C31H39FN2.C2H6/c1-22-11-12-25(4)29(20-22)30-21-34(18-7-9-24(3)28-10-6-5-8-23(28)2)19-17-31(30)33-27-15-13-26(32)14-16-27;1-2/h11-16,20,33H,2,5-10,17-19,21H2,1,3-4H3;1-2H3/b28-24+;. The van der Waals surface area contributed by atoms with Crippen LogP contribution in [0.4, 0.5) is 10.1 Å². The van der Waals surface area contributed by atoms with Gasteiger partial charge < -0.3 is 5.32 Å². The Hall–Kier alpha value is -2.65. The lowest BCUT2D eigenvalue weighted by atomic mass is 9.86. The Balaban J connectivity index is 0.00000176. The quantitative estimate of drug-likeness (QED) is 0.418. The van der Waals surface area contributed by atoms with E-state index in [1.54, 1.807) is 11.1 Å². The van der Waals surface area contributed by atoms with Gasteiger partial charge in [-0.15, -0.1) is 0 Å². The molecular formula is C33H45FN2. The fourth-order valence-electron chi connectivity index (χ4n) is 5.37. The van der Waals surface area contributed by atoms with E-state index in [1.807, 2.05) is 26.0 Å². The maximum Gasteiger partial charge on any atom is 0.123 e. The van der Waals surface area contributed by atoms with Crippen LogP contribution in [0.25, 0.3) is 5.57 Å². The summed E-state index contributed by atoms with van der Waals surface area (Å²) in [6.07, 6.45) is 8.31. The number of nitrogens with zero attached hydrogens (tertiary/aromatic N) is 1. The minimum Gasteiger partial charge on any atom is -0.359 e. The Morgan fingerprint density at radius 1 is 1.00 bits per heavy atom. The molecule has 2 aromatic carbocycles. The number of anilines is 1. The summed E-state index contributed by atoms with van der Waals surface area (Å²) < 4.78 is 13.4. The predicted molar refractivity (Wildman–Crippen MR) is 155 cm³/mol. The van der Waals surface area contributed by atoms with Gasteiger partial charge in [0.15, 0.2) is 0 Å². The van der Waals surface area contributed by atoms with Crippen molar-refractivity contribution in [1.29, 1.82) is 0 Å². The molecule has 1 fully saturated rings. The average molecular weight is 489 g/mol. The van der Waals surface area contributed by atoms with Crippen LogP contribution in [0.15, 0.2) is 71.5 Å². The van der Waals surface area contributed by atoms with E-state index in [1.165, 1.54) is 77.8 Å². The van der Waals surface area contributed by atoms with E-state index in [9.17, 15) is 4.39 Å². The third-order valence-electron chi connectivity index (χ3n) is 7.41. The second-order valence-electron chi connectivity index (χ2n) is 10.1. The summed E-state index contributed by atoms with van der Waals surface area (Å²) in [6.45, 7) is 18.1. The summed E-state index contributed by atoms with van der Waals surface area (Å²) in [5.41, 5.74) is 11.9. The summed E-state index contributed by atoms with van der Waals surface area (Å²) in [6, 6.07) is 13.4. The smallest absolute Gasteiger partial charge is 0.123 e. The molecule has 0 aromatic heterocycles. The monoisotopic (exact) mass is 488 g/mol. The molecular weight excluding hydrogens is 443 g/mol. The van der Waals surface area contributed by atoms with Crippen molar-refractivity contribution < 1.29 is 4.39 Å². The normalized spacial score (nSPS) is 18.0. The van der Waals surface area contributed by atoms with Gasteiger partial charge in [-0.25, -0.2) is 4.39 Å². The van der Waals surface area contributed by atoms with Gasteiger partial charge in [-0.3, -0.25) is 4.90 Å². The van der Waals surface area contributed by atoms with Crippen LogP contribution in [-0.4, -0.2) is 24.5 Å². The van der Waals surface area contributed by atoms with Crippen LogP contribution < -0.4 is 5.32 Å². The van der Waals surface area contributed by atoms with Gasteiger partial charge in [-0.1, -0.05) is 55.3 Å². The highest BCUT2D eigenvalue weighted by Crippen LogP contribution is 2.33. The molecule has 3 heteroatoms. The van der Waals surface area contributed by atoms with Gasteiger partial charge in [0.1, 0.15) is 5.82 Å². The number of rotatable bonds is 7. The second-order valence-corrected chi connectivity index (χ2v) is 10.1. The van der Waals surface area contributed by atoms with E-state index in [-0.39, 0.29) is 5.82 Å². The molecule has 194 valence electrons. The Morgan fingerprint density at radius 3 is 2.44 bits per heavy atom. The third-order valence-corrected chi connectivity index (χ3v) is 7.41. The number of aryl methyl sites for hydroxylation is 2. The van der Waals surface area contributed by atoms with Crippen LogP contribution in [0.3, 0.4) is 0 Å². The van der Waals surface area contributed by atoms with Gasteiger partial charge in [0.2, 0.25) is 0 Å². The molecule has 0 radical (unpaired) electrons. The number of nitrogens with one attached hydrogen (secondary N) is 1. The van der Waals surface area contributed by atoms with Crippen molar-refractivity contribution in [2.45, 2.75) is 79.6 Å². The van der Waals surface area contributed by atoms with E-state index in [4.69, 9.17) is 0 Å². The Bertz CT molecular complexity index is 1090. The highest BCUT2D eigenvalue weighted by Gasteiger charge is 2.22. The van der Waals surface area contributed by atoms with Crippen molar-refractivity contribution in [2.75, 3.05) is 25.0 Å². The van der Waals surface area contributed by atoms with Gasteiger partial charge in [-0.2, -0.15) is 0 Å². The van der Waals surface area contributed by atoms with Crippen molar-refractivity contribution in [2.24, 2.45) is 0 Å². The van der Waals surface area contributed by atoms with E-state index in [0.717, 1.165) is 38.2 Å². The topological polar surface area (TPSA) is 15.3 Å². The molecule has 1 saturated carbocycles. The maximum atomic E-state index is 13.4. The Labute approximate surface area is 219 Å². The van der Waals surface area contributed by atoms with Crippen LogP contribution in [0.1, 0.15) is 82.4 Å². The number of benzene rings is 2. The third kappa shape index (κ3) is 7.43. The van der Waals surface area contributed by atoms with Gasteiger partial charge in [0.25, 0.3) is 0 Å². The van der Waals surface area contributed by atoms with Crippen LogP contribution in [0.5, 0.6) is 0 Å². The first-order valence-corrected chi connectivity index (χ1v) is 13.8. The summed E-state index contributed by atoms with van der Waals surface area (Å²) in [5, 5.41) is 3.62. The first kappa shape index (κ1) is 27.9. The molecule has 1 aliphatic heterocycles. The number of hydrogen-bond acceptors (Lipinski definition) is 2. The average Bonchev–Trinajstić information content (AvgIpc) is 2.89. The summed E-state index contributed by atoms with van der Waals surface area (Å²) in [4.78, 5) is 2.60. The minimum absolute atomic E-state index is 0.203. The van der Waals surface area contributed by atoms with Crippen molar-refractivity contribution in [3.8, 4) is 0 Å². The lowest BCUT2D eigenvalue weighted by molar-refractivity contribution is 0.296. The molecule has 0 atom stereocenters. The van der Waals surface area contributed by atoms with Crippen molar-refractivity contribution >= 4 is 11.3 Å². The highest BCUT2D eigenvalue weighted by molar-refractivity contribution is 5.76. The van der Waals surface area contributed by atoms with Gasteiger partial charge >= 0.3 is 0 Å². The zero-order chi connectivity index (χ0) is 26.1. The van der Waals surface area contributed by atoms with Crippen LogP contribution in [0, 0.1) is 19.7 Å². The second kappa shape index (κ2) is 13.6. The van der Waals surface area contributed by atoms with Gasteiger partial charge in [0.05, 0.1) is 0 Å². The lowest BCUT2D eigenvalue weighted by Gasteiger charge is -2.32. The number of hydrogen-bond donors (Lipinski definition) is 1. The molecule has 2 aromatic rings. The maximum absolute atomic E-state index is 13.4. The zero-order valence-corrected chi connectivity index (χ0v) is 23.1. The van der Waals surface area contributed by atoms with Crippen LogP contribution in [-0.2, 0) is 0 Å². The molecule has 2 aliphatic rings. The molecule has 2 nitrogen and oxygen atoms in total. The van der Waals surface area contributed by atoms with E-state index < -0.39 is 0 Å². The van der Waals surface area contributed by atoms with Crippen molar-refractivity contribution in [1.82, 2.24) is 4.90 Å². The van der Waals surface area contributed by atoms with Crippen molar-refractivity contribution in [3.63, 3.8) is 0 Å². The SMILES string of the molecule is C=C1CCCC/C1=C(/C)CCCN1CCC(Nc2ccc(F)cc2)=C(c2cc(C)ccc2C)C1.CC. The molecule has 0 unspecified atom stereocenters. The van der Waals surface area contributed by atoms with Gasteiger partial charge in [-0.05, 0) is 112 Å². The number of allylic oxidation sites excluding steroid dienone is 3.